The van der Waals surface area contributed by atoms with E-state index in [0.717, 1.165) is 0 Å². The van der Waals surface area contributed by atoms with Crippen LogP contribution in [0.3, 0.4) is 0 Å². The number of hydrogen-bond donors (Lipinski definition) is 2. The minimum absolute atomic E-state index is 0.0495. The maximum absolute atomic E-state index is 11.0. The van der Waals surface area contributed by atoms with Gasteiger partial charge in [0, 0.05) is 11.5 Å². The summed E-state index contributed by atoms with van der Waals surface area (Å²) in [6, 6.07) is 0. The van der Waals surface area contributed by atoms with Crippen LogP contribution in [-0.2, 0) is 14.3 Å². The second-order valence-electron chi connectivity index (χ2n) is 3.28. The maximum Gasteiger partial charge on any atom is 0.407 e. The van der Waals surface area contributed by atoms with E-state index in [9.17, 15) is 9.59 Å². The summed E-state index contributed by atoms with van der Waals surface area (Å²) in [5, 5.41) is 5.73. The Kier molecular flexibility index (Phi) is 10.2. The molecule has 0 aliphatic carbocycles. The zero-order chi connectivity index (χ0) is 13.6. The Morgan fingerprint density at radius 1 is 1.56 bits per heavy atom. The second-order valence-corrected chi connectivity index (χ2v) is 3.28. The van der Waals surface area contributed by atoms with Crippen LogP contribution in [0.4, 0.5) is 4.79 Å². The van der Waals surface area contributed by atoms with Crippen molar-refractivity contribution in [3.63, 3.8) is 0 Å². The highest BCUT2D eigenvalue weighted by molar-refractivity contribution is 5.66. The van der Waals surface area contributed by atoms with E-state index in [0.29, 0.717) is 32.3 Å². The predicted molar refractivity (Wildman–Crippen MR) is 62.3 cm³/mol. The molecule has 0 saturated carbocycles. The number of unbranched alkanes of at least 4 members (excludes halogenated alkanes) is 1. The van der Waals surface area contributed by atoms with Crippen molar-refractivity contribution >= 4 is 12.6 Å². The van der Waals surface area contributed by atoms with Gasteiger partial charge in [0.25, 0.3) is 6.47 Å². The van der Waals surface area contributed by atoms with Crippen molar-refractivity contribution in [3.05, 3.63) is 10.4 Å². The molecule has 0 bridgehead atoms. The Balaban J connectivity index is 3.34. The van der Waals surface area contributed by atoms with Gasteiger partial charge in [-0.2, -0.15) is 0 Å². The minimum atomic E-state index is -0.599. The number of amides is 1. The lowest BCUT2D eigenvalue weighted by atomic mass is 10.2. The lowest BCUT2D eigenvalue weighted by Gasteiger charge is -2.09. The Morgan fingerprint density at radius 2 is 2.33 bits per heavy atom. The van der Waals surface area contributed by atoms with Gasteiger partial charge in [0.05, 0.1) is 13.2 Å². The summed E-state index contributed by atoms with van der Waals surface area (Å²) in [5.74, 6) is 0. The predicted octanol–water partition coefficient (Wildman–Crippen LogP) is 0.651. The van der Waals surface area contributed by atoms with Crippen LogP contribution in [0, 0.1) is 0 Å². The second kappa shape index (κ2) is 11.5. The number of hydrogen-bond acceptors (Lipinski definition) is 6. The van der Waals surface area contributed by atoms with Crippen molar-refractivity contribution < 1.29 is 19.1 Å². The summed E-state index contributed by atoms with van der Waals surface area (Å²) in [7, 11) is 0. The number of nitrogens with two attached hydrogens (primary N) is 1. The number of nitrogens with zero attached hydrogens (tertiary/aromatic N) is 3. The summed E-state index contributed by atoms with van der Waals surface area (Å²) in [4.78, 5) is 23.5. The lowest BCUT2D eigenvalue weighted by Crippen LogP contribution is -2.27. The standard InChI is InChI=1S/C9H17N5O4/c10-8(18-7-15)3-1-2-4-12-9(16)17-6-5-13-14-11/h7-8H,1-6,10H2,(H,12,16). The van der Waals surface area contributed by atoms with E-state index in [1.165, 1.54) is 0 Å². The number of azide groups is 1. The van der Waals surface area contributed by atoms with E-state index >= 15 is 0 Å². The first-order valence-electron chi connectivity index (χ1n) is 5.47. The van der Waals surface area contributed by atoms with Crippen LogP contribution >= 0.6 is 0 Å². The number of alkyl carbamates (subject to hydrolysis) is 1. The van der Waals surface area contributed by atoms with Gasteiger partial charge in [-0.05, 0) is 24.8 Å². The molecule has 1 amide bonds. The highest BCUT2D eigenvalue weighted by atomic mass is 16.5. The summed E-state index contributed by atoms with van der Waals surface area (Å²) < 4.78 is 9.19. The first-order chi connectivity index (χ1) is 8.70. The topological polar surface area (TPSA) is 139 Å². The molecule has 0 fully saturated rings. The molecule has 0 rings (SSSR count). The molecule has 0 spiro atoms. The highest BCUT2D eigenvalue weighted by Gasteiger charge is 2.03. The monoisotopic (exact) mass is 259 g/mol. The molecule has 9 nitrogen and oxygen atoms in total. The van der Waals surface area contributed by atoms with Crippen LogP contribution in [0.15, 0.2) is 5.11 Å². The van der Waals surface area contributed by atoms with E-state index in [1.54, 1.807) is 0 Å². The number of rotatable bonds is 10. The van der Waals surface area contributed by atoms with Crippen LogP contribution in [0.1, 0.15) is 19.3 Å². The summed E-state index contributed by atoms with van der Waals surface area (Å²) >= 11 is 0. The molecular formula is C9H17N5O4. The molecule has 0 aliphatic rings. The third-order valence-corrected chi connectivity index (χ3v) is 1.90. The Labute approximate surface area is 104 Å². The molecule has 0 aromatic rings. The van der Waals surface area contributed by atoms with Gasteiger partial charge in [0.15, 0.2) is 6.23 Å². The van der Waals surface area contributed by atoms with Crippen molar-refractivity contribution in [2.45, 2.75) is 25.5 Å². The highest BCUT2D eigenvalue weighted by Crippen LogP contribution is 1.98. The van der Waals surface area contributed by atoms with Gasteiger partial charge >= 0.3 is 6.09 Å². The van der Waals surface area contributed by atoms with Crippen molar-refractivity contribution in [3.8, 4) is 0 Å². The Morgan fingerprint density at radius 3 is 3.00 bits per heavy atom. The van der Waals surface area contributed by atoms with Gasteiger partial charge in [-0.1, -0.05) is 5.11 Å². The third-order valence-electron chi connectivity index (χ3n) is 1.90. The Bertz CT molecular complexity index is 293. The number of nitrogens with one attached hydrogen (secondary N) is 1. The van der Waals surface area contributed by atoms with Crippen LogP contribution in [0.25, 0.3) is 10.4 Å². The molecule has 0 heterocycles. The zero-order valence-corrected chi connectivity index (χ0v) is 9.95. The van der Waals surface area contributed by atoms with Gasteiger partial charge in [-0.15, -0.1) is 0 Å². The fourth-order valence-corrected chi connectivity index (χ4v) is 1.08. The molecule has 0 saturated heterocycles. The van der Waals surface area contributed by atoms with Crippen LogP contribution < -0.4 is 11.1 Å². The third kappa shape index (κ3) is 10.5. The molecule has 9 heteroatoms. The number of carbonyl (C=O) groups excluding carboxylic acids is 2. The average molecular weight is 259 g/mol. The van der Waals surface area contributed by atoms with Crippen LogP contribution in [-0.4, -0.2) is 38.5 Å². The minimum Gasteiger partial charge on any atom is -0.449 e. The van der Waals surface area contributed by atoms with Crippen LogP contribution in [0.2, 0.25) is 0 Å². The molecule has 18 heavy (non-hydrogen) atoms. The molecular weight excluding hydrogens is 242 g/mol. The van der Waals surface area contributed by atoms with Crippen molar-refractivity contribution in [1.29, 1.82) is 0 Å². The first-order valence-corrected chi connectivity index (χ1v) is 5.47. The first kappa shape index (κ1) is 16.0. The van der Waals surface area contributed by atoms with Gasteiger partial charge in [-0.25, -0.2) is 4.79 Å². The molecule has 3 N–H and O–H groups in total. The van der Waals surface area contributed by atoms with Gasteiger partial charge < -0.3 is 14.8 Å². The van der Waals surface area contributed by atoms with Crippen molar-refractivity contribution in [1.82, 2.24) is 5.32 Å². The van der Waals surface area contributed by atoms with E-state index in [-0.39, 0.29) is 13.2 Å². The van der Waals surface area contributed by atoms with E-state index < -0.39 is 12.3 Å². The molecule has 0 radical (unpaired) electrons. The molecule has 1 atom stereocenters. The van der Waals surface area contributed by atoms with E-state index in [2.05, 4.69) is 20.1 Å². The van der Waals surface area contributed by atoms with Gasteiger partial charge in [-0.3, -0.25) is 10.5 Å². The largest absolute Gasteiger partial charge is 0.449 e. The van der Waals surface area contributed by atoms with E-state index in [4.69, 9.17) is 16.0 Å². The fraction of sp³-hybridized carbons (Fsp3) is 0.778. The zero-order valence-electron chi connectivity index (χ0n) is 9.95. The smallest absolute Gasteiger partial charge is 0.407 e. The summed E-state index contributed by atoms with van der Waals surface area (Å²) in [5.41, 5.74) is 13.4. The van der Waals surface area contributed by atoms with Gasteiger partial charge in [0.1, 0.15) is 0 Å². The Hall–Kier alpha value is -1.99. The van der Waals surface area contributed by atoms with Crippen molar-refractivity contribution in [2.24, 2.45) is 10.8 Å². The lowest BCUT2D eigenvalue weighted by molar-refractivity contribution is -0.133. The maximum atomic E-state index is 11.0. The van der Waals surface area contributed by atoms with Gasteiger partial charge in [0.2, 0.25) is 0 Å². The summed E-state index contributed by atoms with van der Waals surface area (Å²) in [6.07, 6.45) is 0.789. The quantitative estimate of drug-likeness (QED) is 0.148. The summed E-state index contributed by atoms with van der Waals surface area (Å²) in [6.45, 7) is 0.911. The number of carbonyl (C=O) groups is 2. The molecule has 0 aromatic heterocycles. The normalized spacial score (nSPS) is 10.9. The van der Waals surface area contributed by atoms with Crippen LogP contribution in [0.5, 0.6) is 0 Å². The fourth-order valence-electron chi connectivity index (χ4n) is 1.08. The molecule has 1 unspecified atom stereocenters. The average Bonchev–Trinajstić information content (AvgIpc) is 2.34. The SMILES string of the molecule is [N-]=[N+]=NCCOC(=O)NCCCCC(N)OC=O. The van der Waals surface area contributed by atoms with E-state index in [1.807, 2.05) is 0 Å². The number of ether oxygens (including phenoxy) is 2. The molecule has 0 aliphatic heterocycles. The molecule has 0 aromatic carbocycles. The molecule has 102 valence electrons. The van der Waals surface area contributed by atoms with Crippen molar-refractivity contribution in [2.75, 3.05) is 19.7 Å².